The second kappa shape index (κ2) is 15.9. The molecule has 4 aromatic carbocycles. The highest BCUT2D eigenvalue weighted by Gasteiger charge is 2.24. The molecule has 0 saturated heterocycles. The minimum Gasteiger partial charge on any atom is -0.505 e. The third-order valence-corrected chi connectivity index (χ3v) is 6.24. The van der Waals surface area contributed by atoms with Gasteiger partial charge in [0, 0.05) is 0 Å². The Hall–Kier alpha value is -5.17. The zero-order chi connectivity index (χ0) is 33.0. The molecule has 0 aliphatic rings. The lowest BCUT2D eigenvalue weighted by Gasteiger charge is -2.11. The summed E-state index contributed by atoms with van der Waals surface area (Å²) < 4.78 is 84.6. The molecule has 18 heteroatoms. The Balaban J connectivity index is 0.000000754. The first kappa shape index (κ1) is 35.0. The second-order valence-electron chi connectivity index (χ2n) is 8.45. The van der Waals surface area contributed by atoms with Crippen molar-refractivity contribution in [3.05, 3.63) is 90.5 Å². The van der Waals surface area contributed by atoms with Crippen LogP contribution in [0.5, 0.6) is 5.75 Å². The van der Waals surface area contributed by atoms with Crippen molar-refractivity contribution in [1.29, 1.82) is 0 Å². The smallest absolute Gasteiger partial charge is 0.425 e. The lowest BCUT2D eigenvalue weighted by atomic mass is 10.1. The molecule has 0 bridgehead atoms. The van der Waals surface area contributed by atoms with Gasteiger partial charge in [0.2, 0.25) is 0 Å². The maximum atomic E-state index is 12.1. The topological polar surface area (TPSA) is 252 Å². The third-order valence-electron chi connectivity index (χ3n) is 5.37. The number of benzene rings is 4. The van der Waals surface area contributed by atoms with E-state index < -0.39 is 47.7 Å². The van der Waals surface area contributed by atoms with Gasteiger partial charge in [0.1, 0.15) is 16.3 Å². The number of fused-ring (bicyclic) bond motifs is 1. The summed E-state index contributed by atoms with van der Waals surface area (Å²) in [6, 6.07) is 18.7. The van der Waals surface area contributed by atoms with E-state index >= 15 is 0 Å². The van der Waals surface area contributed by atoms with Gasteiger partial charge in [-0.25, -0.2) is 0 Å². The molecular formula is C26H23N5O10S3. The molecule has 0 radical (unpaired) electrons. The van der Waals surface area contributed by atoms with Crippen LogP contribution in [0.2, 0.25) is 0 Å². The van der Waals surface area contributed by atoms with Gasteiger partial charge in [-0.1, -0.05) is 36.4 Å². The number of phenolic OH excluding ortho intramolecular Hbond substituents is 1. The van der Waals surface area contributed by atoms with Gasteiger partial charge in [0.05, 0.1) is 22.4 Å². The van der Waals surface area contributed by atoms with Gasteiger partial charge in [0.15, 0.2) is 5.75 Å². The SMILES string of the molecule is C=CCc1ccc(N=Nc2ccc3cc(S(=O)(=O)O)c(N=Nc4cccc(C)c4)c(O)c3c2N)cc1.O=S(=O)=O.O=S(=O)=O. The Bertz CT molecular complexity index is 2040. The van der Waals surface area contributed by atoms with Gasteiger partial charge in [-0.05, 0) is 66.3 Å². The lowest BCUT2D eigenvalue weighted by molar-refractivity contribution is 0.472. The number of azo groups is 2. The van der Waals surface area contributed by atoms with Crippen molar-refractivity contribution in [3.63, 3.8) is 0 Å². The van der Waals surface area contributed by atoms with E-state index in [0.717, 1.165) is 17.5 Å². The number of aromatic hydroxyl groups is 1. The van der Waals surface area contributed by atoms with Gasteiger partial charge in [-0.3, -0.25) is 4.55 Å². The quantitative estimate of drug-likeness (QED) is 0.0999. The van der Waals surface area contributed by atoms with E-state index in [1.165, 1.54) is 18.2 Å². The van der Waals surface area contributed by atoms with Crippen LogP contribution in [0.15, 0.2) is 105 Å². The van der Waals surface area contributed by atoms with Crippen LogP contribution in [0.1, 0.15) is 11.1 Å². The Morgan fingerprint density at radius 3 is 1.98 bits per heavy atom. The normalized spacial score (nSPS) is 11.0. The van der Waals surface area contributed by atoms with Gasteiger partial charge >= 0.3 is 21.2 Å². The van der Waals surface area contributed by atoms with Crippen molar-refractivity contribution in [1.82, 2.24) is 0 Å². The number of rotatable bonds is 7. The van der Waals surface area contributed by atoms with Crippen LogP contribution >= 0.6 is 0 Å². The van der Waals surface area contributed by atoms with Crippen LogP contribution in [0.4, 0.5) is 28.4 Å². The van der Waals surface area contributed by atoms with Crippen molar-refractivity contribution >= 4 is 70.5 Å². The van der Waals surface area contributed by atoms with Gasteiger partial charge in [0.25, 0.3) is 10.1 Å². The van der Waals surface area contributed by atoms with E-state index in [2.05, 4.69) is 27.0 Å². The fraction of sp³-hybridized carbons (Fsp3) is 0.0769. The molecule has 4 N–H and O–H groups in total. The molecular weight excluding hydrogens is 639 g/mol. The monoisotopic (exact) mass is 661 g/mol. The van der Waals surface area contributed by atoms with Crippen LogP contribution in [0.3, 0.4) is 0 Å². The van der Waals surface area contributed by atoms with Crippen molar-refractivity contribution in [2.45, 2.75) is 18.2 Å². The average molecular weight is 662 g/mol. The largest absolute Gasteiger partial charge is 0.505 e. The van der Waals surface area contributed by atoms with Gasteiger partial charge < -0.3 is 10.8 Å². The zero-order valence-corrected chi connectivity index (χ0v) is 25.0. The molecule has 44 heavy (non-hydrogen) atoms. The number of nitrogens with zero attached hydrogens (tertiary/aromatic N) is 4. The molecule has 4 rings (SSSR count). The van der Waals surface area contributed by atoms with E-state index in [0.29, 0.717) is 11.4 Å². The van der Waals surface area contributed by atoms with Gasteiger partial charge in [-0.2, -0.15) is 18.6 Å². The molecule has 230 valence electrons. The Morgan fingerprint density at radius 1 is 0.841 bits per heavy atom. The fourth-order valence-corrected chi connectivity index (χ4v) is 4.27. The van der Waals surface area contributed by atoms with Crippen molar-refractivity contribution in [3.8, 4) is 5.75 Å². The molecule has 0 spiro atoms. The number of nitrogens with two attached hydrogens (primary N) is 1. The molecule has 0 saturated carbocycles. The van der Waals surface area contributed by atoms with Gasteiger partial charge in [-0.15, -0.1) is 42.1 Å². The molecule has 0 amide bonds. The summed E-state index contributed by atoms with van der Waals surface area (Å²) in [5.74, 6) is -0.556. The maximum Gasteiger partial charge on any atom is 0.425 e. The van der Waals surface area contributed by atoms with E-state index in [1.807, 2.05) is 25.1 Å². The average Bonchev–Trinajstić information content (AvgIpc) is 2.92. The number of nitrogen functional groups attached to an aromatic ring is 1. The van der Waals surface area contributed by atoms with Crippen molar-refractivity contribution in [2.24, 2.45) is 20.5 Å². The number of allylic oxidation sites excluding steroid dienone is 1. The summed E-state index contributed by atoms with van der Waals surface area (Å²) in [6.45, 7) is 5.58. The Labute approximate surface area is 254 Å². The fourth-order valence-electron chi connectivity index (χ4n) is 3.61. The van der Waals surface area contributed by atoms with Crippen molar-refractivity contribution in [2.75, 3.05) is 5.73 Å². The standard InChI is InChI=1S/C26H23N5O4S.2O3S/c1-3-5-17-8-11-19(12-9-17)28-30-21-13-10-18-15-22(36(33,34)35)25(26(32)23(18)24(21)27)31-29-20-7-4-6-16(2)14-20;2*1-4(2)3/h3-4,6-15,32H,1,5,27H2,2H3,(H,33,34,35);;. The highest BCUT2D eigenvalue weighted by molar-refractivity contribution is 7.86. The summed E-state index contributed by atoms with van der Waals surface area (Å²) in [5.41, 5.74) is 9.21. The Morgan fingerprint density at radius 2 is 1.43 bits per heavy atom. The molecule has 0 aliphatic heterocycles. The molecule has 0 unspecified atom stereocenters. The van der Waals surface area contributed by atoms with Crippen LogP contribution in [-0.4, -0.2) is 43.3 Å². The molecule has 0 atom stereocenters. The minimum absolute atomic E-state index is 0.0610. The number of phenols is 1. The number of anilines is 1. The zero-order valence-electron chi connectivity index (χ0n) is 22.6. The molecule has 0 aliphatic carbocycles. The molecule has 0 fully saturated rings. The second-order valence-corrected chi connectivity index (χ2v) is 10.7. The van der Waals surface area contributed by atoms with Crippen LogP contribution in [0, 0.1) is 6.92 Å². The summed E-state index contributed by atoms with van der Waals surface area (Å²) in [4.78, 5) is -0.600. The lowest BCUT2D eigenvalue weighted by Crippen LogP contribution is -2.00. The molecule has 15 nitrogen and oxygen atoms in total. The Kier molecular flexibility index (Phi) is 12.6. The number of aryl methyl sites for hydroxylation is 1. The predicted octanol–water partition coefficient (Wildman–Crippen LogP) is 5.23. The number of hydrogen-bond donors (Lipinski definition) is 3. The van der Waals surface area contributed by atoms with E-state index in [1.54, 1.807) is 36.4 Å². The first-order valence-corrected chi connectivity index (χ1v) is 15.3. The maximum absolute atomic E-state index is 12.1. The highest BCUT2D eigenvalue weighted by atomic mass is 32.2. The summed E-state index contributed by atoms with van der Waals surface area (Å²) in [5, 5.41) is 27.7. The molecule has 4 aromatic rings. The summed E-state index contributed by atoms with van der Waals surface area (Å²) >= 11 is 0. The highest BCUT2D eigenvalue weighted by Crippen LogP contribution is 2.46. The van der Waals surface area contributed by atoms with Crippen LogP contribution < -0.4 is 5.73 Å². The molecule has 0 aromatic heterocycles. The van der Waals surface area contributed by atoms with Crippen LogP contribution in [0.25, 0.3) is 10.8 Å². The molecule has 0 heterocycles. The van der Waals surface area contributed by atoms with E-state index in [4.69, 9.17) is 31.0 Å². The summed E-state index contributed by atoms with van der Waals surface area (Å²) in [7, 11) is -11.0. The van der Waals surface area contributed by atoms with Crippen LogP contribution in [-0.2, 0) is 37.8 Å². The first-order valence-electron chi connectivity index (χ1n) is 11.8. The third kappa shape index (κ3) is 10.6. The van der Waals surface area contributed by atoms with E-state index in [-0.39, 0.29) is 22.1 Å². The summed E-state index contributed by atoms with van der Waals surface area (Å²) in [6.07, 6.45) is 2.55. The van der Waals surface area contributed by atoms with Crippen molar-refractivity contribution < 1.29 is 43.3 Å². The van der Waals surface area contributed by atoms with E-state index in [9.17, 15) is 18.1 Å². The first-order chi connectivity index (χ1) is 20.6. The minimum atomic E-state index is -4.74. The predicted molar refractivity (Wildman–Crippen MR) is 159 cm³/mol. The number of hydrogen-bond acceptors (Lipinski definition) is 14.